The number of nitrogens with zero attached hydrogens (tertiary/aromatic N) is 2. The van der Waals surface area contributed by atoms with Gasteiger partial charge in [0, 0.05) is 24.5 Å². The number of carbonyl (C=O) groups is 2. The molecule has 1 aliphatic heterocycles. The van der Waals surface area contributed by atoms with E-state index >= 15 is 0 Å². The van der Waals surface area contributed by atoms with Crippen LogP contribution in [-0.2, 0) is 9.59 Å². The van der Waals surface area contributed by atoms with Crippen molar-refractivity contribution in [3.8, 4) is 0 Å². The van der Waals surface area contributed by atoms with Crippen LogP contribution < -0.4 is 0 Å². The number of likely N-dealkylation sites (N-methyl/N-ethyl adjacent to an activating group) is 1. The van der Waals surface area contributed by atoms with Crippen LogP contribution in [0.3, 0.4) is 0 Å². The Bertz CT molecular complexity index is 444. The van der Waals surface area contributed by atoms with Gasteiger partial charge in [-0.05, 0) is 51.5 Å². The van der Waals surface area contributed by atoms with E-state index in [1.807, 2.05) is 11.9 Å². The minimum absolute atomic E-state index is 0.0793. The summed E-state index contributed by atoms with van der Waals surface area (Å²) in [6.45, 7) is 6.11. The molecule has 24 heavy (non-hydrogen) atoms. The Morgan fingerprint density at radius 3 is 2.42 bits per heavy atom. The van der Waals surface area contributed by atoms with Gasteiger partial charge < -0.3 is 10.0 Å². The van der Waals surface area contributed by atoms with Gasteiger partial charge in [-0.25, -0.2) is 0 Å². The zero-order valence-electron chi connectivity index (χ0n) is 15.6. The molecule has 1 N–H and O–H groups in total. The highest BCUT2D eigenvalue weighted by Gasteiger charge is 2.43. The number of aliphatic carboxylic acids is 1. The molecule has 2 aliphatic rings. The lowest BCUT2D eigenvalue weighted by Crippen LogP contribution is -2.44. The lowest BCUT2D eigenvalue weighted by molar-refractivity contribution is -0.143. The topological polar surface area (TPSA) is 60.9 Å². The number of rotatable bonds is 6. The molecule has 5 nitrogen and oxygen atoms in total. The maximum absolute atomic E-state index is 13.3. The molecule has 1 saturated carbocycles. The van der Waals surface area contributed by atoms with E-state index in [1.165, 1.54) is 12.8 Å². The summed E-state index contributed by atoms with van der Waals surface area (Å²) in [4.78, 5) is 28.2. The first-order valence-electron chi connectivity index (χ1n) is 9.55. The predicted molar refractivity (Wildman–Crippen MR) is 94.8 cm³/mol. The molecule has 5 heteroatoms. The Kier molecular flexibility index (Phi) is 6.67. The van der Waals surface area contributed by atoms with E-state index < -0.39 is 5.97 Å². The van der Waals surface area contributed by atoms with Crippen molar-refractivity contribution in [2.45, 2.75) is 71.3 Å². The van der Waals surface area contributed by atoms with Gasteiger partial charge in [-0.1, -0.05) is 26.7 Å². The van der Waals surface area contributed by atoms with Gasteiger partial charge in [0.15, 0.2) is 0 Å². The third kappa shape index (κ3) is 4.71. The molecule has 0 spiro atoms. The molecular formula is C19H34N2O3. The van der Waals surface area contributed by atoms with E-state index in [9.17, 15) is 9.59 Å². The highest BCUT2D eigenvalue weighted by atomic mass is 16.4. The van der Waals surface area contributed by atoms with E-state index in [1.54, 1.807) is 0 Å². The number of hydrogen-bond donors (Lipinski definition) is 1. The first-order chi connectivity index (χ1) is 11.3. The SMILES string of the molecule is CC(C)CC1(C(=O)N2CCCC(N(C)CC(=O)O)CC2)CCCC1. The number of likely N-dealkylation sites (tertiary alicyclic amines) is 1. The summed E-state index contributed by atoms with van der Waals surface area (Å²) in [5, 5.41) is 8.98. The second-order valence-electron chi connectivity index (χ2n) is 8.27. The van der Waals surface area contributed by atoms with Gasteiger partial charge in [0.2, 0.25) is 5.91 Å². The predicted octanol–water partition coefficient (Wildman–Crippen LogP) is 2.99. The van der Waals surface area contributed by atoms with Crippen LogP contribution in [0, 0.1) is 11.3 Å². The third-order valence-corrected chi connectivity index (χ3v) is 5.81. The molecule has 138 valence electrons. The smallest absolute Gasteiger partial charge is 0.317 e. The van der Waals surface area contributed by atoms with E-state index in [2.05, 4.69) is 18.7 Å². The fraction of sp³-hybridized carbons (Fsp3) is 0.895. The van der Waals surface area contributed by atoms with Crippen molar-refractivity contribution in [3.63, 3.8) is 0 Å². The van der Waals surface area contributed by atoms with Crippen molar-refractivity contribution in [1.82, 2.24) is 9.80 Å². The van der Waals surface area contributed by atoms with E-state index in [0.717, 1.165) is 51.6 Å². The van der Waals surface area contributed by atoms with Crippen LogP contribution in [0.1, 0.15) is 65.2 Å². The van der Waals surface area contributed by atoms with Crippen LogP contribution in [0.5, 0.6) is 0 Å². The number of carboxylic acids is 1. The Balaban J connectivity index is 1.99. The molecule has 0 aromatic carbocycles. The normalized spacial score (nSPS) is 24.4. The molecule has 0 aromatic heterocycles. The maximum Gasteiger partial charge on any atom is 0.317 e. The number of carbonyl (C=O) groups excluding carboxylic acids is 1. The van der Waals surface area contributed by atoms with Gasteiger partial charge in [0.1, 0.15) is 0 Å². The Morgan fingerprint density at radius 2 is 1.83 bits per heavy atom. The van der Waals surface area contributed by atoms with Crippen molar-refractivity contribution in [3.05, 3.63) is 0 Å². The number of carboxylic acid groups (broad SMARTS) is 1. The zero-order chi connectivity index (χ0) is 17.7. The maximum atomic E-state index is 13.3. The highest BCUT2D eigenvalue weighted by molar-refractivity contribution is 5.83. The Hall–Kier alpha value is -1.10. The number of amides is 1. The second kappa shape index (κ2) is 8.32. The first-order valence-corrected chi connectivity index (χ1v) is 9.55. The summed E-state index contributed by atoms with van der Waals surface area (Å²) in [7, 11) is 1.88. The van der Waals surface area contributed by atoms with E-state index in [-0.39, 0.29) is 18.0 Å². The van der Waals surface area contributed by atoms with Crippen molar-refractivity contribution >= 4 is 11.9 Å². The molecule has 1 amide bonds. The molecule has 1 aliphatic carbocycles. The Morgan fingerprint density at radius 1 is 1.17 bits per heavy atom. The van der Waals surface area contributed by atoms with Gasteiger partial charge in [0.25, 0.3) is 0 Å². The van der Waals surface area contributed by atoms with Crippen molar-refractivity contribution in [2.24, 2.45) is 11.3 Å². The standard InChI is InChI=1S/C19H34N2O3/c1-15(2)13-19(9-4-5-10-19)18(24)21-11-6-7-16(8-12-21)20(3)14-17(22)23/h15-16H,4-14H2,1-3H3,(H,22,23). The minimum Gasteiger partial charge on any atom is -0.480 e. The minimum atomic E-state index is -0.781. The Labute approximate surface area is 146 Å². The largest absolute Gasteiger partial charge is 0.480 e. The third-order valence-electron chi connectivity index (χ3n) is 5.81. The summed E-state index contributed by atoms with van der Waals surface area (Å²) in [5.41, 5.74) is -0.124. The molecule has 0 aromatic rings. The van der Waals surface area contributed by atoms with Crippen LogP contribution in [0.25, 0.3) is 0 Å². The lowest BCUT2D eigenvalue weighted by atomic mass is 9.77. The van der Waals surface area contributed by atoms with Gasteiger partial charge in [-0.15, -0.1) is 0 Å². The van der Waals surface area contributed by atoms with Gasteiger partial charge in [-0.2, -0.15) is 0 Å². The quantitative estimate of drug-likeness (QED) is 0.809. The average Bonchev–Trinajstić information content (AvgIpc) is 2.82. The fourth-order valence-corrected chi connectivity index (χ4v) is 4.74. The van der Waals surface area contributed by atoms with E-state index in [0.29, 0.717) is 11.8 Å². The van der Waals surface area contributed by atoms with Crippen LogP contribution in [0.15, 0.2) is 0 Å². The van der Waals surface area contributed by atoms with Crippen molar-refractivity contribution < 1.29 is 14.7 Å². The van der Waals surface area contributed by atoms with Crippen molar-refractivity contribution in [2.75, 3.05) is 26.7 Å². The van der Waals surface area contributed by atoms with Gasteiger partial charge in [-0.3, -0.25) is 14.5 Å². The summed E-state index contributed by atoms with van der Waals surface area (Å²) < 4.78 is 0. The van der Waals surface area contributed by atoms with Crippen LogP contribution in [0.2, 0.25) is 0 Å². The molecular weight excluding hydrogens is 304 g/mol. The molecule has 2 rings (SSSR count). The van der Waals surface area contributed by atoms with Crippen LogP contribution in [-0.4, -0.2) is 59.5 Å². The van der Waals surface area contributed by atoms with Gasteiger partial charge in [0.05, 0.1) is 6.54 Å². The second-order valence-corrected chi connectivity index (χ2v) is 8.27. The number of hydrogen-bond acceptors (Lipinski definition) is 3. The molecule has 0 radical (unpaired) electrons. The zero-order valence-corrected chi connectivity index (χ0v) is 15.6. The molecule has 1 heterocycles. The first kappa shape index (κ1) is 19.2. The van der Waals surface area contributed by atoms with Crippen molar-refractivity contribution in [1.29, 1.82) is 0 Å². The lowest BCUT2D eigenvalue weighted by Gasteiger charge is -2.35. The molecule has 1 unspecified atom stereocenters. The highest BCUT2D eigenvalue weighted by Crippen LogP contribution is 2.45. The van der Waals surface area contributed by atoms with Gasteiger partial charge >= 0.3 is 5.97 Å². The molecule has 2 fully saturated rings. The summed E-state index contributed by atoms with van der Waals surface area (Å²) in [6, 6.07) is 0.267. The molecule has 0 bridgehead atoms. The van der Waals surface area contributed by atoms with E-state index in [4.69, 9.17) is 5.11 Å². The van der Waals surface area contributed by atoms with Crippen LogP contribution in [0.4, 0.5) is 0 Å². The summed E-state index contributed by atoms with van der Waals surface area (Å²) >= 11 is 0. The molecule has 1 atom stereocenters. The monoisotopic (exact) mass is 338 g/mol. The average molecular weight is 338 g/mol. The summed E-state index contributed by atoms with van der Waals surface area (Å²) in [5.74, 6) is 0.139. The van der Waals surface area contributed by atoms with Crippen LogP contribution >= 0.6 is 0 Å². The fourth-order valence-electron chi connectivity index (χ4n) is 4.74. The summed E-state index contributed by atoms with van der Waals surface area (Å²) in [6.07, 6.45) is 8.28. The molecule has 1 saturated heterocycles.